The van der Waals surface area contributed by atoms with E-state index in [1.165, 1.54) is 41.0 Å². The summed E-state index contributed by atoms with van der Waals surface area (Å²) in [5, 5.41) is 3.77. The Morgan fingerprint density at radius 1 is 1.19 bits per heavy atom. The highest BCUT2D eigenvalue weighted by molar-refractivity contribution is 7.12. The molecule has 0 spiro atoms. The lowest BCUT2D eigenvalue weighted by atomic mass is 9.77. The standard InChI is InChI=1S/C19H25NS/c1-3-13-20-19(18-12-11-14(2)21-18)17-10-5-4-9-16(17)15-7-6-8-15/h4-5,9-12,15,19-20H,3,6-8,13H2,1-2H3. The van der Waals surface area contributed by atoms with E-state index in [4.69, 9.17) is 0 Å². The van der Waals surface area contributed by atoms with Gasteiger partial charge in [0.05, 0.1) is 6.04 Å². The Kier molecular flexibility index (Phi) is 4.77. The summed E-state index contributed by atoms with van der Waals surface area (Å²) in [6, 6.07) is 14.0. The van der Waals surface area contributed by atoms with Gasteiger partial charge in [0.15, 0.2) is 0 Å². The maximum atomic E-state index is 3.77. The molecular formula is C19H25NS. The molecule has 0 bridgehead atoms. The lowest BCUT2D eigenvalue weighted by Crippen LogP contribution is -2.25. The molecule has 2 heteroatoms. The summed E-state index contributed by atoms with van der Waals surface area (Å²) in [6.07, 6.45) is 5.29. The van der Waals surface area contributed by atoms with Crippen LogP contribution in [0.3, 0.4) is 0 Å². The van der Waals surface area contributed by atoms with E-state index in [1.54, 1.807) is 5.56 Å². The number of aryl methyl sites for hydroxylation is 1. The summed E-state index contributed by atoms with van der Waals surface area (Å²) in [7, 11) is 0. The number of rotatable bonds is 6. The molecule has 1 unspecified atom stereocenters. The van der Waals surface area contributed by atoms with Crippen molar-refractivity contribution in [2.75, 3.05) is 6.54 Å². The van der Waals surface area contributed by atoms with Crippen molar-refractivity contribution in [1.82, 2.24) is 5.32 Å². The van der Waals surface area contributed by atoms with Crippen LogP contribution < -0.4 is 5.32 Å². The van der Waals surface area contributed by atoms with Crippen LogP contribution in [0.4, 0.5) is 0 Å². The first-order valence-corrected chi connectivity index (χ1v) is 8.99. The molecule has 21 heavy (non-hydrogen) atoms. The first-order chi connectivity index (χ1) is 10.3. The summed E-state index contributed by atoms with van der Waals surface area (Å²) in [5.41, 5.74) is 3.07. The van der Waals surface area contributed by atoms with E-state index >= 15 is 0 Å². The Morgan fingerprint density at radius 2 is 2.00 bits per heavy atom. The zero-order valence-corrected chi connectivity index (χ0v) is 13.9. The maximum Gasteiger partial charge on any atom is 0.0673 e. The average molecular weight is 299 g/mol. The lowest BCUT2D eigenvalue weighted by Gasteiger charge is -2.30. The van der Waals surface area contributed by atoms with Gasteiger partial charge < -0.3 is 5.32 Å². The molecular weight excluding hydrogens is 274 g/mol. The topological polar surface area (TPSA) is 12.0 Å². The van der Waals surface area contributed by atoms with Crippen molar-refractivity contribution in [2.24, 2.45) is 0 Å². The van der Waals surface area contributed by atoms with E-state index < -0.39 is 0 Å². The van der Waals surface area contributed by atoms with Crippen molar-refractivity contribution in [3.05, 3.63) is 57.3 Å². The summed E-state index contributed by atoms with van der Waals surface area (Å²) in [4.78, 5) is 2.85. The minimum absolute atomic E-state index is 0.362. The fourth-order valence-electron chi connectivity index (χ4n) is 3.13. The summed E-state index contributed by atoms with van der Waals surface area (Å²) in [6.45, 7) is 5.51. The largest absolute Gasteiger partial charge is 0.306 e. The van der Waals surface area contributed by atoms with Gasteiger partial charge in [-0.15, -0.1) is 11.3 Å². The van der Waals surface area contributed by atoms with Gasteiger partial charge >= 0.3 is 0 Å². The third-order valence-corrected chi connectivity index (χ3v) is 5.56. The van der Waals surface area contributed by atoms with Gasteiger partial charge in [-0.3, -0.25) is 0 Å². The molecule has 1 aromatic heterocycles. The molecule has 112 valence electrons. The quantitative estimate of drug-likeness (QED) is 0.751. The SMILES string of the molecule is CCCNC(c1ccc(C)s1)c1ccccc1C1CCC1. The van der Waals surface area contributed by atoms with Gasteiger partial charge in [0.25, 0.3) is 0 Å². The Bertz CT molecular complexity index is 583. The normalized spacial score (nSPS) is 16.7. The number of thiophene rings is 1. The maximum absolute atomic E-state index is 3.77. The number of nitrogens with one attached hydrogen (secondary N) is 1. The lowest BCUT2D eigenvalue weighted by molar-refractivity contribution is 0.414. The van der Waals surface area contributed by atoms with Gasteiger partial charge in [-0.25, -0.2) is 0 Å². The monoisotopic (exact) mass is 299 g/mol. The predicted octanol–water partition coefficient (Wildman–Crippen LogP) is 5.41. The van der Waals surface area contributed by atoms with E-state index in [2.05, 4.69) is 55.6 Å². The van der Waals surface area contributed by atoms with Crippen molar-refractivity contribution in [1.29, 1.82) is 0 Å². The summed E-state index contributed by atoms with van der Waals surface area (Å²) in [5.74, 6) is 0.785. The molecule has 1 saturated carbocycles. The van der Waals surface area contributed by atoms with E-state index in [0.29, 0.717) is 6.04 Å². The van der Waals surface area contributed by atoms with E-state index in [9.17, 15) is 0 Å². The van der Waals surface area contributed by atoms with Crippen molar-refractivity contribution < 1.29 is 0 Å². The molecule has 3 rings (SSSR count). The Morgan fingerprint density at radius 3 is 2.62 bits per heavy atom. The number of hydrogen-bond donors (Lipinski definition) is 1. The Labute approximate surface area is 132 Å². The molecule has 0 saturated heterocycles. The van der Waals surface area contributed by atoms with Crippen LogP contribution in [0.5, 0.6) is 0 Å². The highest BCUT2D eigenvalue weighted by atomic mass is 32.1. The van der Waals surface area contributed by atoms with Gasteiger partial charge in [-0.05, 0) is 61.9 Å². The van der Waals surface area contributed by atoms with Crippen molar-refractivity contribution in [3.63, 3.8) is 0 Å². The molecule has 1 nitrogen and oxygen atoms in total. The molecule has 1 fully saturated rings. The van der Waals surface area contributed by atoms with Gasteiger partial charge in [0.1, 0.15) is 0 Å². The summed E-state index contributed by atoms with van der Waals surface area (Å²) >= 11 is 1.92. The molecule has 0 amide bonds. The predicted molar refractivity (Wildman–Crippen MR) is 92.2 cm³/mol. The van der Waals surface area contributed by atoms with E-state index in [0.717, 1.165) is 12.5 Å². The van der Waals surface area contributed by atoms with Crippen molar-refractivity contribution in [3.8, 4) is 0 Å². The average Bonchev–Trinajstić information content (AvgIpc) is 2.85. The summed E-state index contributed by atoms with van der Waals surface area (Å²) < 4.78 is 0. The van der Waals surface area contributed by atoms with Gasteiger partial charge in [-0.1, -0.05) is 37.6 Å². The molecule has 1 aromatic carbocycles. The zero-order chi connectivity index (χ0) is 14.7. The molecule has 2 aromatic rings. The minimum Gasteiger partial charge on any atom is -0.306 e. The second-order valence-electron chi connectivity index (χ2n) is 6.09. The zero-order valence-electron chi connectivity index (χ0n) is 13.1. The Balaban J connectivity index is 1.95. The molecule has 0 radical (unpaired) electrons. The van der Waals surface area contributed by atoms with Crippen molar-refractivity contribution >= 4 is 11.3 Å². The van der Waals surface area contributed by atoms with Crippen LogP contribution in [0.1, 0.15) is 65.4 Å². The second kappa shape index (κ2) is 6.76. The van der Waals surface area contributed by atoms with Crippen LogP contribution in [-0.2, 0) is 0 Å². The van der Waals surface area contributed by atoms with Crippen LogP contribution in [0.25, 0.3) is 0 Å². The number of hydrogen-bond acceptors (Lipinski definition) is 2. The highest BCUT2D eigenvalue weighted by Crippen LogP contribution is 2.41. The third kappa shape index (κ3) is 3.22. The van der Waals surface area contributed by atoms with Crippen LogP contribution in [0.15, 0.2) is 36.4 Å². The van der Waals surface area contributed by atoms with E-state index in [1.807, 2.05) is 11.3 Å². The van der Waals surface area contributed by atoms with Crippen LogP contribution in [-0.4, -0.2) is 6.54 Å². The first kappa shape index (κ1) is 14.8. The van der Waals surface area contributed by atoms with Crippen LogP contribution in [0.2, 0.25) is 0 Å². The third-order valence-electron chi connectivity index (χ3n) is 4.50. The molecule has 1 heterocycles. The van der Waals surface area contributed by atoms with Crippen molar-refractivity contribution in [2.45, 2.75) is 51.5 Å². The molecule has 1 atom stereocenters. The van der Waals surface area contributed by atoms with Gasteiger partial charge in [0, 0.05) is 9.75 Å². The fourth-order valence-corrected chi connectivity index (χ4v) is 4.10. The smallest absolute Gasteiger partial charge is 0.0673 e. The van der Waals surface area contributed by atoms with Crippen LogP contribution >= 0.6 is 11.3 Å². The first-order valence-electron chi connectivity index (χ1n) is 8.18. The number of benzene rings is 1. The van der Waals surface area contributed by atoms with Gasteiger partial charge in [0.2, 0.25) is 0 Å². The fraction of sp³-hybridized carbons (Fsp3) is 0.474. The highest BCUT2D eigenvalue weighted by Gasteiger charge is 2.25. The Hall–Kier alpha value is -1.12. The molecule has 1 aliphatic rings. The van der Waals surface area contributed by atoms with E-state index in [-0.39, 0.29) is 0 Å². The molecule has 1 aliphatic carbocycles. The van der Waals surface area contributed by atoms with Gasteiger partial charge in [-0.2, -0.15) is 0 Å². The van der Waals surface area contributed by atoms with Crippen LogP contribution in [0, 0.1) is 6.92 Å². The second-order valence-corrected chi connectivity index (χ2v) is 7.41. The molecule has 1 N–H and O–H groups in total. The minimum atomic E-state index is 0.362. The molecule has 0 aliphatic heterocycles.